The van der Waals surface area contributed by atoms with Crippen LogP contribution in [0.15, 0.2) is 0 Å². The molecule has 2 N–H and O–H groups in total. The second-order valence-electron chi connectivity index (χ2n) is 6.33. The molecule has 0 bridgehead atoms. The summed E-state index contributed by atoms with van der Waals surface area (Å²) in [6.45, 7) is 7.08. The molecule has 1 unspecified atom stereocenters. The SMILES string of the molecule is CC(C)N1CCCC(N(C)CC(C)(CO)CO)C1=O. The Morgan fingerprint density at radius 2 is 2.00 bits per heavy atom. The molecular formula is C14H28N2O3. The second-order valence-corrected chi connectivity index (χ2v) is 6.33. The van der Waals surface area contributed by atoms with Gasteiger partial charge in [-0.3, -0.25) is 9.69 Å². The monoisotopic (exact) mass is 272 g/mol. The standard InChI is InChI=1S/C14H28N2O3/c1-11(2)16-7-5-6-12(13(16)19)15(4)8-14(3,9-17)10-18/h11-12,17-18H,5-10H2,1-4H3. The van der Waals surface area contributed by atoms with Crippen LogP contribution in [0.2, 0.25) is 0 Å². The summed E-state index contributed by atoms with van der Waals surface area (Å²) in [5, 5.41) is 18.7. The maximum atomic E-state index is 12.4. The quantitative estimate of drug-likeness (QED) is 0.730. The summed E-state index contributed by atoms with van der Waals surface area (Å²) in [4.78, 5) is 16.3. The Kier molecular flexibility index (Phi) is 5.77. The van der Waals surface area contributed by atoms with Crippen molar-refractivity contribution in [1.29, 1.82) is 0 Å². The Labute approximate surface area is 116 Å². The molecule has 0 aromatic rings. The molecule has 1 fully saturated rings. The van der Waals surface area contributed by atoms with Crippen LogP contribution < -0.4 is 0 Å². The van der Waals surface area contributed by atoms with E-state index >= 15 is 0 Å². The topological polar surface area (TPSA) is 64.0 Å². The number of hydrogen-bond acceptors (Lipinski definition) is 4. The number of nitrogens with zero attached hydrogens (tertiary/aromatic N) is 2. The lowest BCUT2D eigenvalue weighted by Gasteiger charge is -2.41. The minimum atomic E-state index is -0.560. The molecule has 19 heavy (non-hydrogen) atoms. The van der Waals surface area contributed by atoms with Crippen molar-refractivity contribution in [3.8, 4) is 0 Å². The lowest BCUT2D eigenvalue weighted by molar-refractivity contribution is -0.142. The van der Waals surface area contributed by atoms with Gasteiger partial charge in [-0.25, -0.2) is 0 Å². The molecule has 0 aliphatic carbocycles. The van der Waals surface area contributed by atoms with Crippen LogP contribution in [0.5, 0.6) is 0 Å². The van der Waals surface area contributed by atoms with E-state index in [0.29, 0.717) is 6.54 Å². The highest BCUT2D eigenvalue weighted by atomic mass is 16.3. The van der Waals surface area contributed by atoms with Gasteiger partial charge in [0.25, 0.3) is 0 Å². The van der Waals surface area contributed by atoms with Crippen molar-refractivity contribution in [3.63, 3.8) is 0 Å². The first-order valence-corrected chi connectivity index (χ1v) is 7.07. The maximum Gasteiger partial charge on any atom is 0.240 e. The van der Waals surface area contributed by atoms with Crippen molar-refractivity contribution >= 4 is 5.91 Å². The lowest BCUT2D eigenvalue weighted by atomic mass is 9.91. The van der Waals surface area contributed by atoms with Gasteiger partial charge in [0.05, 0.1) is 19.3 Å². The molecule has 1 heterocycles. The molecule has 1 aliphatic rings. The van der Waals surface area contributed by atoms with Crippen molar-refractivity contribution in [2.24, 2.45) is 5.41 Å². The van der Waals surface area contributed by atoms with Gasteiger partial charge < -0.3 is 15.1 Å². The number of amides is 1. The normalized spacial score (nSPS) is 21.6. The summed E-state index contributed by atoms with van der Waals surface area (Å²) in [7, 11) is 1.90. The number of carbonyl (C=O) groups is 1. The number of likely N-dealkylation sites (N-methyl/N-ethyl adjacent to an activating group) is 1. The van der Waals surface area contributed by atoms with E-state index in [1.165, 1.54) is 0 Å². The molecule has 5 nitrogen and oxygen atoms in total. The number of carbonyl (C=O) groups excluding carboxylic acids is 1. The lowest BCUT2D eigenvalue weighted by Crippen LogP contribution is -2.55. The van der Waals surface area contributed by atoms with Crippen LogP contribution in [0.25, 0.3) is 0 Å². The minimum Gasteiger partial charge on any atom is -0.396 e. The van der Waals surface area contributed by atoms with E-state index in [4.69, 9.17) is 0 Å². The van der Waals surface area contributed by atoms with E-state index in [1.807, 2.05) is 37.6 Å². The second kappa shape index (κ2) is 6.68. The highest BCUT2D eigenvalue weighted by Gasteiger charge is 2.35. The Balaban J connectivity index is 2.70. The third-order valence-corrected chi connectivity index (χ3v) is 3.99. The average Bonchev–Trinajstić information content (AvgIpc) is 2.38. The van der Waals surface area contributed by atoms with Crippen LogP contribution in [0.1, 0.15) is 33.6 Å². The molecular weight excluding hydrogens is 244 g/mol. The smallest absolute Gasteiger partial charge is 0.240 e. The molecule has 0 radical (unpaired) electrons. The fraction of sp³-hybridized carbons (Fsp3) is 0.929. The van der Waals surface area contributed by atoms with Gasteiger partial charge in [0.15, 0.2) is 0 Å². The molecule has 1 amide bonds. The zero-order valence-electron chi connectivity index (χ0n) is 12.6. The molecule has 1 atom stereocenters. The van der Waals surface area contributed by atoms with E-state index in [2.05, 4.69) is 0 Å². The fourth-order valence-corrected chi connectivity index (χ4v) is 2.66. The summed E-state index contributed by atoms with van der Waals surface area (Å²) in [6, 6.07) is 0.0966. The number of hydrogen-bond donors (Lipinski definition) is 2. The molecule has 1 rings (SSSR count). The minimum absolute atomic E-state index is 0.0807. The van der Waals surface area contributed by atoms with E-state index < -0.39 is 5.41 Å². The summed E-state index contributed by atoms with van der Waals surface area (Å²) >= 11 is 0. The Morgan fingerprint density at radius 3 is 2.47 bits per heavy atom. The zero-order valence-corrected chi connectivity index (χ0v) is 12.6. The first-order chi connectivity index (χ1) is 8.84. The van der Waals surface area contributed by atoms with Crippen molar-refractivity contribution in [3.05, 3.63) is 0 Å². The predicted octanol–water partition coefficient (Wildman–Crippen LogP) is 0.309. The highest BCUT2D eigenvalue weighted by Crippen LogP contribution is 2.22. The summed E-state index contributed by atoms with van der Waals surface area (Å²) in [6.07, 6.45) is 1.86. The van der Waals surface area contributed by atoms with E-state index in [1.54, 1.807) is 0 Å². The van der Waals surface area contributed by atoms with E-state index in [0.717, 1.165) is 19.4 Å². The predicted molar refractivity (Wildman–Crippen MR) is 74.8 cm³/mol. The van der Waals surface area contributed by atoms with Gasteiger partial charge in [-0.15, -0.1) is 0 Å². The molecule has 0 saturated carbocycles. The molecule has 1 aliphatic heterocycles. The van der Waals surface area contributed by atoms with Crippen LogP contribution >= 0.6 is 0 Å². The molecule has 1 saturated heterocycles. The first-order valence-electron chi connectivity index (χ1n) is 7.07. The number of aliphatic hydroxyl groups excluding tert-OH is 2. The van der Waals surface area contributed by atoms with Crippen LogP contribution in [0.3, 0.4) is 0 Å². The highest BCUT2D eigenvalue weighted by molar-refractivity contribution is 5.82. The maximum absolute atomic E-state index is 12.4. The van der Waals surface area contributed by atoms with Gasteiger partial charge in [0.2, 0.25) is 5.91 Å². The molecule has 112 valence electrons. The fourth-order valence-electron chi connectivity index (χ4n) is 2.66. The zero-order chi connectivity index (χ0) is 14.6. The number of piperidine rings is 1. The Hall–Kier alpha value is -0.650. The summed E-state index contributed by atoms with van der Waals surface area (Å²) in [5.41, 5.74) is -0.560. The van der Waals surface area contributed by atoms with Crippen LogP contribution in [-0.2, 0) is 4.79 Å². The van der Waals surface area contributed by atoms with Crippen molar-refractivity contribution in [2.45, 2.75) is 45.7 Å². The van der Waals surface area contributed by atoms with Crippen LogP contribution in [-0.4, -0.2) is 71.4 Å². The van der Waals surface area contributed by atoms with E-state index in [-0.39, 0.29) is 31.2 Å². The number of rotatable bonds is 6. The largest absolute Gasteiger partial charge is 0.396 e. The Bertz CT molecular complexity index is 303. The third kappa shape index (κ3) is 3.91. The van der Waals surface area contributed by atoms with Crippen molar-refractivity contribution in [1.82, 2.24) is 9.80 Å². The molecule has 5 heteroatoms. The third-order valence-electron chi connectivity index (χ3n) is 3.99. The van der Waals surface area contributed by atoms with Gasteiger partial charge >= 0.3 is 0 Å². The van der Waals surface area contributed by atoms with Crippen LogP contribution in [0.4, 0.5) is 0 Å². The number of likely N-dealkylation sites (tertiary alicyclic amines) is 1. The summed E-state index contributed by atoms with van der Waals surface area (Å²) in [5.74, 6) is 0.168. The summed E-state index contributed by atoms with van der Waals surface area (Å²) < 4.78 is 0. The van der Waals surface area contributed by atoms with Crippen molar-refractivity contribution < 1.29 is 15.0 Å². The van der Waals surface area contributed by atoms with E-state index in [9.17, 15) is 15.0 Å². The molecule has 0 aromatic heterocycles. The van der Waals surface area contributed by atoms with Gasteiger partial charge in [-0.1, -0.05) is 6.92 Å². The molecule has 0 aromatic carbocycles. The first kappa shape index (κ1) is 16.4. The number of aliphatic hydroxyl groups is 2. The average molecular weight is 272 g/mol. The molecule has 0 spiro atoms. The Morgan fingerprint density at radius 1 is 1.42 bits per heavy atom. The van der Waals surface area contributed by atoms with Gasteiger partial charge in [0.1, 0.15) is 0 Å². The van der Waals surface area contributed by atoms with Gasteiger partial charge in [-0.05, 0) is 33.7 Å². The van der Waals surface area contributed by atoms with Crippen molar-refractivity contribution in [2.75, 3.05) is 33.4 Å². The van der Waals surface area contributed by atoms with Gasteiger partial charge in [0, 0.05) is 24.5 Å². The van der Waals surface area contributed by atoms with Crippen LogP contribution in [0, 0.1) is 5.41 Å². The van der Waals surface area contributed by atoms with Gasteiger partial charge in [-0.2, -0.15) is 0 Å².